The van der Waals surface area contributed by atoms with Gasteiger partial charge in [-0.25, -0.2) is 0 Å². The fourth-order valence-electron chi connectivity index (χ4n) is 3.26. The average Bonchev–Trinajstić information content (AvgIpc) is 2.44. The van der Waals surface area contributed by atoms with Crippen molar-refractivity contribution in [2.45, 2.75) is 32.1 Å². The molecular weight excluding hydrogens is 236 g/mol. The highest BCUT2D eigenvalue weighted by Gasteiger charge is 2.21. The number of piperidine rings is 1. The lowest BCUT2D eigenvalue weighted by Gasteiger charge is -2.27. The zero-order valence-electron chi connectivity index (χ0n) is 11.6. The van der Waals surface area contributed by atoms with Crippen LogP contribution in [0.25, 0.3) is 0 Å². The van der Waals surface area contributed by atoms with E-state index in [2.05, 4.69) is 23.5 Å². The molecule has 0 aromatic heterocycles. The molecular formula is C16H22N2O. The van der Waals surface area contributed by atoms with Crippen molar-refractivity contribution >= 4 is 11.6 Å². The second-order valence-electron chi connectivity index (χ2n) is 5.81. The van der Waals surface area contributed by atoms with E-state index in [-0.39, 0.29) is 5.91 Å². The standard InChI is InChI=1S/C16H22N2O/c1-18-15-4-2-13(10-12-6-8-17-9-7-12)11-14(15)3-5-16(18)19/h2,4,11-12,17H,3,5-10H2,1H3. The minimum atomic E-state index is 0.235. The third-order valence-corrected chi connectivity index (χ3v) is 4.47. The number of hydrogen-bond acceptors (Lipinski definition) is 2. The zero-order chi connectivity index (χ0) is 13.2. The number of carbonyl (C=O) groups excluding carboxylic acids is 1. The van der Waals surface area contributed by atoms with Crippen molar-refractivity contribution in [2.24, 2.45) is 5.92 Å². The van der Waals surface area contributed by atoms with E-state index in [1.54, 1.807) is 4.90 Å². The van der Waals surface area contributed by atoms with Crippen molar-refractivity contribution in [3.63, 3.8) is 0 Å². The van der Waals surface area contributed by atoms with E-state index in [0.717, 1.165) is 31.1 Å². The van der Waals surface area contributed by atoms with Gasteiger partial charge >= 0.3 is 0 Å². The van der Waals surface area contributed by atoms with Gasteiger partial charge in [-0.1, -0.05) is 12.1 Å². The summed E-state index contributed by atoms with van der Waals surface area (Å²) >= 11 is 0. The maximum absolute atomic E-state index is 11.7. The van der Waals surface area contributed by atoms with E-state index in [1.165, 1.54) is 30.4 Å². The Morgan fingerprint density at radius 3 is 2.84 bits per heavy atom. The third-order valence-electron chi connectivity index (χ3n) is 4.47. The minimum Gasteiger partial charge on any atom is -0.317 e. The van der Waals surface area contributed by atoms with Crippen molar-refractivity contribution < 1.29 is 4.79 Å². The number of amides is 1. The van der Waals surface area contributed by atoms with Crippen molar-refractivity contribution in [3.8, 4) is 0 Å². The fourth-order valence-corrected chi connectivity index (χ4v) is 3.26. The molecule has 1 aromatic rings. The van der Waals surface area contributed by atoms with E-state index in [1.807, 2.05) is 7.05 Å². The number of carbonyl (C=O) groups is 1. The fraction of sp³-hybridized carbons (Fsp3) is 0.562. The highest BCUT2D eigenvalue weighted by molar-refractivity contribution is 5.95. The van der Waals surface area contributed by atoms with Gasteiger partial charge in [0.1, 0.15) is 0 Å². The van der Waals surface area contributed by atoms with Crippen LogP contribution in [0.1, 0.15) is 30.4 Å². The van der Waals surface area contributed by atoms with Gasteiger partial charge in [-0.15, -0.1) is 0 Å². The topological polar surface area (TPSA) is 32.3 Å². The SMILES string of the molecule is CN1C(=O)CCc2cc(CC3CCNCC3)ccc21. The molecule has 0 bridgehead atoms. The lowest BCUT2D eigenvalue weighted by Crippen LogP contribution is -2.31. The lowest BCUT2D eigenvalue weighted by atomic mass is 9.89. The van der Waals surface area contributed by atoms with Gasteiger partial charge in [-0.2, -0.15) is 0 Å². The van der Waals surface area contributed by atoms with Crippen LogP contribution in [0.15, 0.2) is 18.2 Å². The molecule has 0 saturated carbocycles. The maximum Gasteiger partial charge on any atom is 0.227 e. The first-order chi connectivity index (χ1) is 9.24. The quantitative estimate of drug-likeness (QED) is 0.881. The summed E-state index contributed by atoms with van der Waals surface area (Å²) in [5, 5.41) is 3.42. The second kappa shape index (κ2) is 5.33. The van der Waals surface area contributed by atoms with Crippen molar-refractivity contribution in [1.29, 1.82) is 0 Å². The molecule has 1 N–H and O–H groups in total. The van der Waals surface area contributed by atoms with E-state index in [4.69, 9.17) is 0 Å². The molecule has 3 nitrogen and oxygen atoms in total. The smallest absolute Gasteiger partial charge is 0.227 e. The zero-order valence-corrected chi connectivity index (χ0v) is 11.6. The monoisotopic (exact) mass is 258 g/mol. The molecule has 2 aliphatic rings. The van der Waals surface area contributed by atoms with Gasteiger partial charge in [0.25, 0.3) is 0 Å². The molecule has 1 amide bonds. The van der Waals surface area contributed by atoms with Gasteiger partial charge in [0.15, 0.2) is 0 Å². The minimum absolute atomic E-state index is 0.235. The molecule has 3 rings (SSSR count). The first-order valence-electron chi connectivity index (χ1n) is 7.33. The van der Waals surface area contributed by atoms with Crippen LogP contribution in [0.5, 0.6) is 0 Å². The molecule has 0 atom stereocenters. The Bertz CT molecular complexity index is 478. The molecule has 0 radical (unpaired) electrons. The Balaban J connectivity index is 1.76. The number of nitrogens with zero attached hydrogens (tertiary/aromatic N) is 1. The van der Waals surface area contributed by atoms with E-state index in [0.29, 0.717) is 6.42 Å². The largest absolute Gasteiger partial charge is 0.317 e. The highest BCUT2D eigenvalue weighted by Crippen LogP contribution is 2.29. The van der Waals surface area contributed by atoms with E-state index in [9.17, 15) is 4.79 Å². The van der Waals surface area contributed by atoms with E-state index < -0.39 is 0 Å². The van der Waals surface area contributed by atoms with Crippen LogP contribution in [-0.2, 0) is 17.6 Å². The molecule has 1 fully saturated rings. The van der Waals surface area contributed by atoms with Gasteiger partial charge < -0.3 is 10.2 Å². The first kappa shape index (κ1) is 12.7. The normalized spacial score (nSPS) is 20.5. The highest BCUT2D eigenvalue weighted by atomic mass is 16.2. The van der Waals surface area contributed by atoms with Gasteiger partial charge in [-0.05, 0) is 61.9 Å². The summed E-state index contributed by atoms with van der Waals surface area (Å²) in [6.45, 7) is 2.32. The van der Waals surface area contributed by atoms with Crippen LogP contribution in [0, 0.1) is 5.92 Å². The first-order valence-corrected chi connectivity index (χ1v) is 7.33. The summed E-state index contributed by atoms with van der Waals surface area (Å²) in [6, 6.07) is 6.65. The number of aryl methyl sites for hydroxylation is 1. The Labute approximate surface area is 115 Å². The predicted octanol–water partition coefficient (Wildman–Crippen LogP) is 2.14. The van der Waals surface area contributed by atoms with Gasteiger partial charge in [0.2, 0.25) is 5.91 Å². The molecule has 0 unspecified atom stereocenters. The van der Waals surface area contributed by atoms with Gasteiger partial charge in [0, 0.05) is 19.2 Å². The molecule has 2 aliphatic heterocycles. The summed E-state index contributed by atoms with van der Waals surface area (Å²) in [5.41, 5.74) is 3.88. The van der Waals surface area contributed by atoms with Crippen molar-refractivity contribution in [3.05, 3.63) is 29.3 Å². The number of fused-ring (bicyclic) bond motifs is 1. The Kier molecular flexibility index (Phi) is 3.56. The predicted molar refractivity (Wildman–Crippen MR) is 77.5 cm³/mol. The molecule has 0 aliphatic carbocycles. The molecule has 1 aromatic carbocycles. The van der Waals surface area contributed by atoms with Crippen LogP contribution >= 0.6 is 0 Å². The number of nitrogens with one attached hydrogen (secondary N) is 1. The number of benzene rings is 1. The number of hydrogen-bond donors (Lipinski definition) is 1. The second-order valence-corrected chi connectivity index (χ2v) is 5.81. The lowest BCUT2D eigenvalue weighted by molar-refractivity contribution is -0.118. The summed E-state index contributed by atoms with van der Waals surface area (Å²) in [7, 11) is 1.88. The van der Waals surface area contributed by atoms with Crippen LogP contribution in [0.2, 0.25) is 0 Å². The number of rotatable bonds is 2. The Hall–Kier alpha value is -1.35. The van der Waals surface area contributed by atoms with Crippen LogP contribution < -0.4 is 10.2 Å². The summed E-state index contributed by atoms with van der Waals surface area (Å²) < 4.78 is 0. The van der Waals surface area contributed by atoms with Crippen LogP contribution in [0.3, 0.4) is 0 Å². The Morgan fingerprint density at radius 1 is 1.26 bits per heavy atom. The summed E-state index contributed by atoms with van der Waals surface area (Å²) in [4.78, 5) is 13.5. The van der Waals surface area contributed by atoms with E-state index >= 15 is 0 Å². The van der Waals surface area contributed by atoms with Crippen molar-refractivity contribution in [1.82, 2.24) is 5.32 Å². The molecule has 19 heavy (non-hydrogen) atoms. The van der Waals surface area contributed by atoms with Crippen molar-refractivity contribution in [2.75, 3.05) is 25.0 Å². The Morgan fingerprint density at radius 2 is 2.05 bits per heavy atom. The average molecular weight is 258 g/mol. The third kappa shape index (κ3) is 2.66. The molecule has 1 saturated heterocycles. The number of anilines is 1. The molecule has 3 heteroatoms. The van der Waals surface area contributed by atoms with Gasteiger partial charge in [-0.3, -0.25) is 4.79 Å². The molecule has 0 spiro atoms. The van der Waals surface area contributed by atoms with Gasteiger partial charge in [0.05, 0.1) is 0 Å². The summed E-state index contributed by atoms with van der Waals surface area (Å²) in [6.07, 6.45) is 5.32. The maximum atomic E-state index is 11.7. The van der Waals surface area contributed by atoms with Crippen LogP contribution in [0.4, 0.5) is 5.69 Å². The summed E-state index contributed by atoms with van der Waals surface area (Å²) in [5.74, 6) is 1.06. The molecule has 102 valence electrons. The molecule has 2 heterocycles. The van der Waals surface area contributed by atoms with Crippen LogP contribution in [-0.4, -0.2) is 26.0 Å².